The highest BCUT2D eigenvalue weighted by molar-refractivity contribution is 7.26. The van der Waals surface area contributed by atoms with Crippen LogP contribution in [0.4, 0.5) is 8.78 Å². The minimum Gasteiger partial charge on any atom is -0.490 e. The van der Waals surface area contributed by atoms with Gasteiger partial charge in [-0.1, -0.05) is 20.3 Å². The first-order chi connectivity index (χ1) is 13.1. The van der Waals surface area contributed by atoms with Crippen LogP contribution in [0.25, 0.3) is 20.2 Å². The lowest BCUT2D eigenvalue weighted by atomic mass is 10.1. The molecule has 0 saturated heterocycles. The van der Waals surface area contributed by atoms with Crippen LogP contribution < -0.4 is 9.47 Å². The first-order valence-corrected chi connectivity index (χ1v) is 10.8. The molecule has 0 aliphatic carbocycles. The molecule has 0 amide bonds. The molecule has 7 heteroatoms. The largest absolute Gasteiger partial charge is 0.490 e. The maximum absolute atomic E-state index is 14.9. The van der Waals surface area contributed by atoms with Crippen molar-refractivity contribution < 1.29 is 22.8 Å². The fourth-order valence-corrected chi connectivity index (χ4v) is 4.28. The average molecular weight is 410 g/mol. The first-order valence-electron chi connectivity index (χ1n) is 8.94. The van der Waals surface area contributed by atoms with E-state index in [1.165, 1.54) is 0 Å². The van der Waals surface area contributed by atoms with Crippen LogP contribution in [0.2, 0.25) is 0 Å². The van der Waals surface area contributed by atoms with Gasteiger partial charge in [0.1, 0.15) is 0 Å². The standard InChI is InChI=1S/C20H21F2O3PS/c1-3-4-9-24-15-7-5-13-14-6-8-16(25-10-12(2)11-26-23)18(22)20(14)27-19(13)17(15)21/h5-8,12H,3-4,9-11H2,1-2H3/t12-/m0/s1. The second-order valence-electron chi connectivity index (χ2n) is 6.54. The molecule has 0 fully saturated rings. The molecule has 2 aromatic carbocycles. The molecule has 0 unspecified atom stereocenters. The van der Waals surface area contributed by atoms with Gasteiger partial charge in [-0.05, 0) is 30.7 Å². The Morgan fingerprint density at radius 1 is 1.04 bits per heavy atom. The molecule has 0 spiro atoms. The number of thiophene rings is 1. The van der Waals surface area contributed by atoms with Crippen molar-refractivity contribution in [2.45, 2.75) is 26.7 Å². The summed E-state index contributed by atoms with van der Waals surface area (Å²) in [4.78, 5) is 0. The lowest BCUT2D eigenvalue weighted by Crippen LogP contribution is -2.10. The molecule has 27 heavy (non-hydrogen) atoms. The van der Waals surface area contributed by atoms with Crippen LogP contribution in [0.1, 0.15) is 26.7 Å². The molecule has 0 saturated carbocycles. The van der Waals surface area contributed by atoms with Crippen LogP contribution in [0, 0.1) is 17.6 Å². The van der Waals surface area contributed by atoms with E-state index in [0.717, 1.165) is 24.2 Å². The van der Waals surface area contributed by atoms with E-state index in [0.29, 0.717) is 32.9 Å². The third-order valence-electron chi connectivity index (χ3n) is 4.28. The van der Waals surface area contributed by atoms with Crippen LogP contribution >= 0.6 is 19.8 Å². The summed E-state index contributed by atoms with van der Waals surface area (Å²) >= 11 is 1.07. The van der Waals surface area contributed by atoms with E-state index in [-0.39, 0.29) is 32.5 Å². The lowest BCUT2D eigenvalue weighted by molar-refractivity contribution is 0.262. The zero-order valence-electron chi connectivity index (χ0n) is 15.3. The van der Waals surface area contributed by atoms with Gasteiger partial charge in [-0.2, -0.15) is 0 Å². The summed E-state index contributed by atoms with van der Waals surface area (Å²) in [6.07, 6.45) is 2.27. The first kappa shape index (κ1) is 20.0. The fourth-order valence-electron chi connectivity index (χ4n) is 2.76. The van der Waals surface area contributed by atoms with Gasteiger partial charge in [0.05, 0.1) is 22.6 Å². The van der Waals surface area contributed by atoms with Crippen molar-refractivity contribution in [1.29, 1.82) is 0 Å². The number of benzene rings is 2. The van der Waals surface area contributed by atoms with Crippen LogP contribution in [0.5, 0.6) is 11.5 Å². The molecule has 0 aliphatic heterocycles. The molecule has 1 atom stereocenters. The van der Waals surface area contributed by atoms with Crippen LogP contribution in [-0.4, -0.2) is 19.4 Å². The van der Waals surface area contributed by atoms with E-state index >= 15 is 0 Å². The van der Waals surface area contributed by atoms with Crippen molar-refractivity contribution in [1.82, 2.24) is 0 Å². The third kappa shape index (κ3) is 4.22. The smallest absolute Gasteiger partial charge is 0.182 e. The zero-order valence-corrected chi connectivity index (χ0v) is 17.0. The van der Waals surface area contributed by atoms with E-state index in [1.807, 2.05) is 13.8 Å². The predicted molar refractivity (Wildman–Crippen MR) is 107 cm³/mol. The van der Waals surface area contributed by atoms with Gasteiger partial charge in [-0.3, -0.25) is 4.57 Å². The molecular weight excluding hydrogens is 389 g/mol. The van der Waals surface area contributed by atoms with Crippen LogP contribution in [0.3, 0.4) is 0 Å². The molecule has 3 rings (SSSR count). The highest BCUT2D eigenvalue weighted by Gasteiger charge is 2.18. The minimum absolute atomic E-state index is 0.0435. The molecule has 3 nitrogen and oxygen atoms in total. The Kier molecular flexibility index (Phi) is 6.61. The van der Waals surface area contributed by atoms with Crippen molar-refractivity contribution in [3.8, 4) is 11.5 Å². The SMILES string of the molecule is CCCCOc1ccc2c(sc3c(F)c(OC[C@H](C)CP=O)ccc32)c1F. The number of fused-ring (bicyclic) bond motifs is 3. The molecule has 0 radical (unpaired) electrons. The summed E-state index contributed by atoms with van der Waals surface area (Å²) in [6.45, 7) is 4.65. The van der Waals surface area contributed by atoms with Gasteiger partial charge in [0, 0.05) is 22.9 Å². The van der Waals surface area contributed by atoms with Crippen molar-refractivity contribution in [3.63, 3.8) is 0 Å². The van der Waals surface area contributed by atoms with E-state index in [2.05, 4.69) is 0 Å². The lowest BCUT2D eigenvalue weighted by Gasteiger charge is -2.11. The van der Waals surface area contributed by atoms with Gasteiger partial charge >= 0.3 is 0 Å². The quantitative estimate of drug-likeness (QED) is 0.287. The van der Waals surface area contributed by atoms with Crippen molar-refractivity contribution >= 4 is 40.0 Å². The Bertz CT molecular complexity index is 957. The Morgan fingerprint density at radius 3 is 2.19 bits per heavy atom. The van der Waals surface area contributed by atoms with Gasteiger partial charge in [-0.15, -0.1) is 11.3 Å². The molecule has 1 heterocycles. The van der Waals surface area contributed by atoms with Gasteiger partial charge in [0.25, 0.3) is 0 Å². The molecule has 3 aromatic rings. The summed E-state index contributed by atoms with van der Waals surface area (Å²) in [6, 6.07) is 6.69. The maximum Gasteiger partial charge on any atom is 0.182 e. The van der Waals surface area contributed by atoms with Gasteiger partial charge in [0.2, 0.25) is 0 Å². The normalized spacial score (nSPS) is 12.7. The number of rotatable bonds is 9. The van der Waals surface area contributed by atoms with Gasteiger partial charge in [-0.25, -0.2) is 8.78 Å². The van der Waals surface area contributed by atoms with Crippen molar-refractivity contribution in [2.24, 2.45) is 5.92 Å². The Labute approximate surface area is 162 Å². The Balaban J connectivity index is 1.94. The fraction of sp³-hybridized carbons (Fsp3) is 0.400. The predicted octanol–water partition coefficient (Wildman–Crippen LogP) is 6.82. The molecule has 0 N–H and O–H groups in total. The topological polar surface area (TPSA) is 35.5 Å². The molecular formula is C20H21F2O3PS. The monoisotopic (exact) mass is 410 g/mol. The van der Waals surface area contributed by atoms with Gasteiger partial charge in [0.15, 0.2) is 31.6 Å². The van der Waals surface area contributed by atoms with Crippen LogP contribution in [-0.2, 0) is 4.57 Å². The summed E-state index contributed by atoms with van der Waals surface area (Å²) < 4.78 is 52.1. The molecule has 0 bridgehead atoms. The van der Waals surface area contributed by atoms with Gasteiger partial charge < -0.3 is 9.47 Å². The second-order valence-corrected chi connectivity index (χ2v) is 8.18. The summed E-state index contributed by atoms with van der Waals surface area (Å²) in [5.74, 6) is -0.571. The van der Waals surface area contributed by atoms with E-state index in [9.17, 15) is 13.3 Å². The van der Waals surface area contributed by atoms with E-state index in [4.69, 9.17) is 9.47 Å². The number of unbranched alkanes of at least 4 members (excludes halogenated alkanes) is 1. The third-order valence-corrected chi connectivity index (χ3v) is 6.26. The van der Waals surface area contributed by atoms with Crippen molar-refractivity contribution in [3.05, 3.63) is 35.9 Å². The highest BCUT2D eigenvalue weighted by atomic mass is 32.1. The number of hydrogen-bond acceptors (Lipinski definition) is 4. The summed E-state index contributed by atoms with van der Waals surface area (Å²) in [5.41, 5.74) is 0. The zero-order chi connectivity index (χ0) is 19.4. The van der Waals surface area contributed by atoms with Crippen LogP contribution in [0.15, 0.2) is 24.3 Å². The highest BCUT2D eigenvalue weighted by Crippen LogP contribution is 2.41. The Hall–Kier alpha value is -1.78. The summed E-state index contributed by atoms with van der Waals surface area (Å²) in [5, 5.41) is 1.32. The second kappa shape index (κ2) is 8.94. The number of hydrogen-bond donors (Lipinski definition) is 0. The number of ether oxygens (including phenoxy) is 2. The minimum atomic E-state index is -0.492. The molecule has 0 aliphatic rings. The molecule has 1 aromatic heterocycles. The average Bonchev–Trinajstić information content (AvgIpc) is 3.04. The van der Waals surface area contributed by atoms with E-state index < -0.39 is 11.6 Å². The summed E-state index contributed by atoms with van der Waals surface area (Å²) in [7, 11) is 0.0455. The van der Waals surface area contributed by atoms with Crippen molar-refractivity contribution in [2.75, 3.05) is 19.4 Å². The Morgan fingerprint density at radius 2 is 1.63 bits per heavy atom. The van der Waals surface area contributed by atoms with E-state index in [1.54, 1.807) is 24.3 Å². The number of halogens is 2. The maximum atomic E-state index is 14.9. The molecule has 144 valence electrons.